The molecule has 0 saturated heterocycles. The second-order valence-corrected chi connectivity index (χ2v) is 13.8. The molecule has 1 unspecified atom stereocenters. The Morgan fingerprint density at radius 3 is 2.31 bits per heavy atom. The van der Waals surface area contributed by atoms with Crippen molar-refractivity contribution in [1.29, 1.82) is 0 Å². The van der Waals surface area contributed by atoms with E-state index in [-0.39, 0.29) is 47.8 Å². The van der Waals surface area contributed by atoms with Gasteiger partial charge in [-0.05, 0) is 72.9 Å². The summed E-state index contributed by atoms with van der Waals surface area (Å²) in [6.07, 6.45) is -6.84. The molecule has 0 radical (unpaired) electrons. The number of alkyl halides is 6. The van der Waals surface area contributed by atoms with Crippen molar-refractivity contribution < 1.29 is 49.1 Å². The van der Waals surface area contributed by atoms with Crippen LogP contribution < -0.4 is 14.8 Å². The van der Waals surface area contributed by atoms with Crippen LogP contribution in [-0.2, 0) is 31.7 Å². The van der Waals surface area contributed by atoms with E-state index >= 15 is 0 Å². The van der Waals surface area contributed by atoms with Crippen molar-refractivity contribution in [2.45, 2.75) is 88.5 Å². The Labute approximate surface area is 257 Å². The number of benzene rings is 1. The average Bonchev–Trinajstić information content (AvgIpc) is 3.69. The number of rotatable bonds is 13. The quantitative estimate of drug-likeness (QED) is 0.156. The number of carbonyl (C=O) groups is 2. The number of unbranched alkanes of at least 4 members (excludes halogenated alkanes) is 2. The van der Waals surface area contributed by atoms with Gasteiger partial charge in [0, 0.05) is 31.8 Å². The second-order valence-electron chi connectivity index (χ2n) is 11.9. The molecule has 2 N–H and O–H groups in total. The van der Waals surface area contributed by atoms with Crippen LogP contribution in [0.15, 0.2) is 48.3 Å². The number of hydrogen-bond acceptors (Lipinski definition) is 5. The van der Waals surface area contributed by atoms with Gasteiger partial charge in [0.05, 0.1) is 11.9 Å². The van der Waals surface area contributed by atoms with Crippen LogP contribution in [0, 0.1) is 5.92 Å². The summed E-state index contributed by atoms with van der Waals surface area (Å²) in [5.41, 5.74) is -4.15. The Hall–Kier alpha value is -3.49. The average molecular weight is 664 g/mol. The molecule has 248 valence electrons. The van der Waals surface area contributed by atoms with Gasteiger partial charge in [0.25, 0.3) is 11.8 Å². The van der Waals surface area contributed by atoms with Crippen molar-refractivity contribution in [3.8, 4) is 5.75 Å². The van der Waals surface area contributed by atoms with E-state index in [0.29, 0.717) is 25.8 Å². The molecule has 1 aliphatic carbocycles. The molecule has 1 saturated carbocycles. The molecular weight excluding hydrogens is 628 g/mol. The first-order valence-corrected chi connectivity index (χ1v) is 16.1. The van der Waals surface area contributed by atoms with Gasteiger partial charge in [-0.3, -0.25) is 9.59 Å². The van der Waals surface area contributed by atoms with E-state index in [4.69, 9.17) is 4.74 Å². The number of halogens is 6. The smallest absolute Gasteiger partial charge is 0.416 e. The second kappa shape index (κ2) is 13.1. The van der Waals surface area contributed by atoms with Gasteiger partial charge in [0.2, 0.25) is 10.0 Å². The predicted octanol–water partition coefficient (Wildman–Crippen LogP) is 5.99. The third-order valence-corrected chi connectivity index (χ3v) is 9.42. The molecule has 2 aromatic rings. The number of carbonyl (C=O) groups excluding carboxylic acids is 2. The van der Waals surface area contributed by atoms with Crippen molar-refractivity contribution in [3.05, 3.63) is 59.4 Å². The fraction of sp³-hybridized carbons (Fsp3) is 0.533. The van der Waals surface area contributed by atoms with Gasteiger partial charge < -0.3 is 14.6 Å². The molecule has 8 nitrogen and oxygen atoms in total. The van der Waals surface area contributed by atoms with E-state index in [9.17, 15) is 44.3 Å². The first-order chi connectivity index (χ1) is 20.9. The summed E-state index contributed by atoms with van der Waals surface area (Å²) < 4.78 is 116. The third kappa shape index (κ3) is 8.41. The zero-order valence-electron chi connectivity index (χ0n) is 24.7. The van der Waals surface area contributed by atoms with E-state index in [0.717, 1.165) is 12.1 Å². The third-order valence-electron chi connectivity index (χ3n) is 7.60. The number of amides is 2. The molecule has 0 spiro atoms. The molecule has 4 rings (SSSR count). The fourth-order valence-electron chi connectivity index (χ4n) is 5.21. The van der Waals surface area contributed by atoms with Gasteiger partial charge in [-0.1, -0.05) is 26.0 Å². The molecule has 1 aliphatic heterocycles. The maximum Gasteiger partial charge on any atom is 0.416 e. The molecule has 2 aliphatic rings. The largest absolute Gasteiger partial charge is 0.494 e. The maximum absolute atomic E-state index is 15.0. The number of nitrogens with zero attached hydrogens (tertiary/aromatic N) is 1. The summed E-state index contributed by atoms with van der Waals surface area (Å²) in [7, 11) is -4.11. The number of ether oxygens (including phenoxy) is 1. The van der Waals surface area contributed by atoms with Crippen LogP contribution in [0.2, 0.25) is 0 Å². The highest BCUT2D eigenvalue weighted by molar-refractivity contribution is 7.91. The topological polar surface area (TPSA) is 107 Å². The highest BCUT2D eigenvalue weighted by Gasteiger charge is 2.60. The normalized spacial score (nSPS) is 19.5. The monoisotopic (exact) mass is 663 g/mol. The van der Waals surface area contributed by atoms with Crippen LogP contribution in [0.3, 0.4) is 0 Å². The molecule has 15 heteroatoms. The molecule has 1 aromatic heterocycles. The Morgan fingerprint density at radius 1 is 1.07 bits per heavy atom. The number of sulfonamides is 1. The number of nitrogens with one attached hydrogen (secondary N) is 2. The molecule has 1 fully saturated rings. The lowest BCUT2D eigenvalue weighted by Crippen LogP contribution is -2.59. The first kappa shape index (κ1) is 34.4. The molecule has 2 heterocycles. The van der Waals surface area contributed by atoms with Crippen molar-refractivity contribution >= 4 is 27.4 Å². The summed E-state index contributed by atoms with van der Waals surface area (Å²) in [6.45, 7) is 4.43. The minimum absolute atomic E-state index is 0.0564. The Morgan fingerprint density at radius 2 is 1.73 bits per heavy atom. The SMILES string of the molecule is CC(C)Cn1ccc(C2=C(C(=O)NS(=O)(=O)C3CC3)C(=O)NC(c3ccc(OCCCCCC(F)(F)F)cc3)(C(F)(F)F)C2)c1. The van der Waals surface area contributed by atoms with Crippen molar-refractivity contribution in [1.82, 2.24) is 14.6 Å². The van der Waals surface area contributed by atoms with Gasteiger partial charge in [-0.15, -0.1) is 0 Å². The Balaban J connectivity index is 1.64. The van der Waals surface area contributed by atoms with E-state index in [1.54, 1.807) is 10.8 Å². The number of aromatic nitrogens is 1. The summed E-state index contributed by atoms with van der Waals surface area (Å²) in [6, 6.07) is 6.24. The van der Waals surface area contributed by atoms with Gasteiger partial charge in [0.1, 0.15) is 11.3 Å². The fourth-order valence-corrected chi connectivity index (χ4v) is 6.50. The van der Waals surface area contributed by atoms with Crippen LogP contribution in [0.1, 0.15) is 69.9 Å². The first-order valence-electron chi connectivity index (χ1n) is 14.6. The number of hydrogen-bond donors (Lipinski definition) is 2. The standard InChI is InChI=1S/C30H35F6N3O5S/c1-19(2)17-39-14-12-20(18-39)24-16-28(30(34,35)36,37-26(40)25(24)27(41)38-45(42,43)23-10-11-23)21-6-8-22(9-7-21)44-15-5-3-4-13-29(31,32)33/h6-9,12,14,18-19,23H,3-5,10-11,13,15-17H2,1-2H3,(H,37,40)(H,38,41). The van der Waals surface area contributed by atoms with Crippen LogP contribution >= 0.6 is 0 Å². The zero-order chi connectivity index (χ0) is 33.2. The minimum Gasteiger partial charge on any atom is -0.494 e. The summed E-state index contributed by atoms with van der Waals surface area (Å²) >= 11 is 0. The van der Waals surface area contributed by atoms with Gasteiger partial charge in [-0.25, -0.2) is 13.1 Å². The Bertz CT molecular complexity index is 1530. The Kier molecular flexibility index (Phi) is 10.0. The lowest BCUT2D eigenvalue weighted by Gasteiger charge is -2.41. The highest BCUT2D eigenvalue weighted by Crippen LogP contribution is 2.49. The minimum atomic E-state index is -5.06. The van der Waals surface area contributed by atoms with Gasteiger partial charge >= 0.3 is 12.4 Å². The maximum atomic E-state index is 15.0. The highest BCUT2D eigenvalue weighted by atomic mass is 32.2. The van der Waals surface area contributed by atoms with Crippen molar-refractivity contribution in [2.24, 2.45) is 5.92 Å². The molecular formula is C30H35F6N3O5S. The molecule has 2 amide bonds. The van der Waals surface area contributed by atoms with Crippen LogP contribution in [0.4, 0.5) is 26.3 Å². The lowest BCUT2D eigenvalue weighted by atomic mass is 9.76. The molecule has 1 atom stereocenters. The lowest BCUT2D eigenvalue weighted by molar-refractivity contribution is -0.201. The zero-order valence-corrected chi connectivity index (χ0v) is 25.5. The van der Waals surface area contributed by atoms with Gasteiger partial charge in [-0.2, -0.15) is 26.3 Å². The molecule has 1 aromatic carbocycles. The van der Waals surface area contributed by atoms with Gasteiger partial charge in [0.15, 0.2) is 5.54 Å². The summed E-state index contributed by atoms with van der Waals surface area (Å²) in [5, 5.41) is 1.16. The van der Waals surface area contributed by atoms with Crippen LogP contribution in [-0.4, -0.2) is 49.0 Å². The van der Waals surface area contributed by atoms with E-state index in [2.05, 4.69) is 0 Å². The molecule has 45 heavy (non-hydrogen) atoms. The predicted molar refractivity (Wildman–Crippen MR) is 153 cm³/mol. The van der Waals surface area contributed by atoms with E-state index in [1.807, 2.05) is 23.9 Å². The summed E-state index contributed by atoms with van der Waals surface area (Å²) in [5.74, 6) is -2.33. The van der Waals surface area contributed by atoms with Crippen molar-refractivity contribution in [3.63, 3.8) is 0 Å². The van der Waals surface area contributed by atoms with Crippen LogP contribution in [0.5, 0.6) is 5.75 Å². The van der Waals surface area contributed by atoms with E-state index < -0.39 is 63.4 Å². The van der Waals surface area contributed by atoms with Crippen molar-refractivity contribution in [2.75, 3.05) is 6.61 Å². The van der Waals surface area contributed by atoms with Crippen LogP contribution in [0.25, 0.3) is 5.57 Å². The summed E-state index contributed by atoms with van der Waals surface area (Å²) in [4.78, 5) is 26.7. The molecule has 0 bridgehead atoms. The van der Waals surface area contributed by atoms with E-state index in [1.165, 1.54) is 24.4 Å².